The van der Waals surface area contributed by atoms with Crippen molar-refractivity contribution < 1.29 is 14.7 Å². The Labute approximate surface area is 118 Å². The SMILES string of the molecule is C=CCN(CC(=O)O)C(=O)Nc1cccc(N(C)C)c1. The zero-order valence-electron chi connectivity index (χ0n) is 11.7. The fourth-order valence-corrected chi connectivity index (χ4v) is 1.60. The van der Waals surface area contributed by atoms with Gasteiger partial charge in [0.05, 0.1) is 0 Å². The molecule has 0 unspecified atom stereocenters. The van der Waals surface area contributed by atoms with Crippen molar-refractivity contribution in [1.29, 1.82) is 0 Å². The van der Waals surface area contributed by atoms with E-state index >= 15 is 0 Å². The van der Waals surface area contributed by atoms with Crippen LogP contribution in [0.5, 0.6) is 0 Å². The number of aliphatic carboxylic acids is 1. The highest BCUT2D eigenvalue weighted by Gasteiger charge is 2.15. The maximum atomic E-state index is 12.0. The molecule has 0 aliphatic rings. The lowest BCUT2D eigenvalue weighted by molar-refractivity contribution is -0.137. The quantitative estimate of drug-likeness (QED) is 0.778. The molecule has 0 aromatic heterocycles. The molecule has 1 aromatic carbocycles. The van der Waals surface area contributed by atoms with E-state index in [9.17, 15) is 9.59 Å². The zero-order valence-corrected chi connectivity index (χ0v) is 11.7. The standard InChI is InChI=1S/C14H19N3O3/c1-4-8-17(10-13(18)19)14(20)15-11-6-5-7-12(9-11)16(2)3/h4-7,9H,1,8,10H2,2-3H3,(H,15,20)(H,18,19). The van der Waals surface area contributed by atoms with Crippen molar-refractivity contribution >= 4 is 23.4 Å². The van der Waals surface area contributed by atoms with Crippen LogP contribution in [0.3, 0.4) is 0 Å². The highest BCUT2D eigenvalue weighted by Crippen LogP contribution is 2.17. The zero-order chi connectivity index (χ0) is 15.1. The van der Waals surface area contributed by atoms with Crippen molar-refractivity contribution in [3.05, 3.63) is 36.9 Å². The second kappa shape index (κ2) is 7.18. The van der Waals surface area contributed by atoms with Gasteiger partial charge in [0.1, 0.15) is 6.54 Å². The molecule has 108 valence electrons. The number of amides is 2. The first kappa shape index (κ1) is 15.6. The van der Waals surface area contributed by atoms with Gasteiger partial charge in [0.2, 0.25) is 0 Å². The number of hydrogen-bond donors (Lipinski definition) is 2. The van der Waals surface area contributed by atoms with Crippen LogP contribution in [-0.4, -0.2) is 49.2 Å². The van der Waals surface area contributed by atoms with E-state index < -0.39 is 12.0 Å². The minimum absolute atomic E-state index is 0.172. The molecule has 0 aliphatic heterocycles. The molecule has 1 aromatic rings. The van der Waals surface area contributed by atoms with Crippen molar-refractivity contribution in [2.75, 3.05) is 37.4 Å². The highest BCUT2D eigenvalue weighted by molar-refractivity contribution is 5.91. The molecule has 0 heterocycles. The summed E-state index contributed by atoms with van der Waals surface area (Å²) in [4.78, 5) is 25.8. The average Bonchev–Trinajstić information content (AvgIpc) is 2.38. The Morgan fingerprint density at radius 1 is 1.40 bits per heavy atom. The Morgan fingerprint density at radius 2 is 2.10 bits per heavy atom. The van der Waals surface area contributed by atoms with E-state index in [0.717, 1.165) is 10.6 Å². The van der Waals surface area contributed by atoms with Crippen LogP contribution in [0.4, 0.5) is 16.2 Å². The summed E-state index contributed by atoms with van der Waals surface area (Å²) in [6, 6.07) is 6.82. The first-order valence-electron chi connectivity index (χ1n) is 6.10. The molecule has 0 radical (unpaired) electrons. The van der Waals surface area contributed by atoms with Gasteiger partial charge in [0, 0.05) is 32.0 Å². The van der Waals surface area contributed by atoms with E-state index in [2.05, 4.69) is 11.9 Å². The number of carboxylic acids is 1. The largest absolute Gasteiger partial charge is 0.480 e. The van der Waals surface area contributed by atoms with E-state index in [-0.39, 0.29) is 13.1 Å². The number of carbonyl (C=O) groups excluding carboxylic acids is 1. The predicted octanol–water partition coefficient (Wildman–Crippen LogP) is 1.86. The lowest BCUT2D eigenvalue weighted by atomic mass is 10.2. The number of urea groups is 1. The second-order valence-corrected chi connectivity index (χ2v) is 4.44. The maximum Gasteiger partial charge on any atom is 0.323 e. The Balaban J connectivity index is 2.79. The molecule has 6 nitrogen and oxygen atoms in total. The van der Waals surface area contributed by atoms with Crippen molar-refractivity contribution in [1.82, 2.24) is 4.90 Å². The fourth-order valence-electron chi connectivity index (χ4n) is 1.60. The second-order valence-electron chi connectivity index (χ2n) is 4.44. The van der Waals surface area contributed by atoms with E-state index in [1.54, 1.807) is 6.07 Å². The molecule has 0 saturated carbocycles. The summed E-state index contributed by atoms with van der Waals surface area (Å²) in [6.45, 7) is 3.32. The van der Waals surface area contributed by atoms with Gasteiger partial charge < -0.3 is 20.2 Å². The van der Waals surface area contributed by atoms with Gasteiger partial charge in [-0.15, -0.1) is 6.58 Å². The van der Waals surface area contributed by atoms with Crippen molar-refractivity contribution in [2.24, 2.45) is 0 Å². The summed E-state index contributed by atoms with van der Waals surface area (Å²) in [5, 5.41) is 11.5. The van der Waals surface area contributed by atoms with Crippen LogP contribution in [0.1, 0.15) is 0 Å². The summed E-state index contributed by atoms with van der Waals surface area (Å²) in [7, 11) is 3.80. The van der Waals surface area contributed by atoms with Crippen LogP contribution in [0.25, 0.3) is 0 Å². The molecule has 0 spiro atoms. The topological polar surface area (TPSA) is 72.9 Å². The van der Waals surface area contributed by atoms with Gasteiger partial charge in [-0.25, -0.2) is 4.79 Å². The molecule has 0 bridgehead atoms. The number of nitrogens with one attached hydrogen (secondary N) is 1. The lowest BCUT2D eigenvalue weighted by Gasteiger charge is -2.20. The molecule has 2 amide bonds. The average molecular weight is 277 g/mol. The normalized spacial score (nSPS) is 9.70. The predicted molar refractivity (Wildman–Crippen MR) is 79.2 cm³/mol. The van der Waals surface area contributed by atoms with Crippen molar-refractivity contribution in [3.8, 4) is 0 Å². The monoisotopic (exact) mass is 277 g/mol. The van der Waals surface area contributed by atoms with E-state index in [4.69, 9.17) is 5.11 Å². The first-order chi connectivity index (χ1) is 9.43. The third-order valence-corrected chi connectivity index (χ3v) is 2.58. The lowest BCUT2D eigenvalue weighted by Crippen LogP contribution is -2.38. The van der Waals surface area contributed by atoms with E-state index in [1.165, 1.54) is 6.08 Å². The maximum absolute atomic E-state index is 12.0. The Bertz CT molecular complexity index is 500. The summed E-state index contributed by atoms with van der Waals surface area (Å²) < 4.78 is 0. The van der Waals surface area contributed by atoms with Gasteiger partial charge >= 0.3 is 12.0 Å². The van der Waals surface area contributed by atoms with Gasteiger partial charge in [-0.1, -0.05) is 12.1 Å². The third-order valence-electron chi connectivity index (χ3n) is 2.58. The Kier molecular flexibility index (Phi) is 5.58. The summed E-state index contributed by atoms with van der Waals surface area (Å²) >= 11 is 0. The number of nitrogens with zero attached hydrogens (tertiary/aromatic N) is 2. The number of carbonyl (C=O) groups is 2. The van der Waals surface area contributed by atoms with Crippen molar-refractivity contribution in [2.45, 2.75) is 0 Å². The van der Waals surface area contributed by atoms with Crippen LogP contribution in [0, 0.1) is 0 Å². The first-order valence-corrected chi connectivity index (χ1v) is 6.10. The summed E-state index contributed by atoms with van der Waals surface area (Å²) in [6.07, 6.45) is 1.48. The van der Waals surface area contributed by atoms with Gasteiger partial charge in [0.25, 0.3) is 0 Å². The number of carboxylic acid groups (broad SMARTS) is 1. The minimum atomic E-state index is -1.07. The van der Waals surface area contributed by atoms with Crippen LogP contribution in [0.15, 0.2) is 36.9 Å². The van der Waals surface area contributed by atoms with Gasteiger partial charge in [-0.3, -0.25) is 4.79 Å². The van der Waals surface area contributed by atoms with Crippen LogP contribution in [0.2, 0.25) is 0 Å². The third kappa shape index (κ3) is 4.64. The van der Waals surface area contributed by atoms with Crippen molar-refractivity contribution in [3.63, 3.8) is 0 Å². The van der Waals surface area contributed by atoms with Crippen LogP contribution >= 0.6 is 0 Å². The molecule has 0 fully saturated rings. The molecule has 6 heteroatoms. The van der Waals surface area contributed by atoms with E-state index in [0.29, 0.717) is 5.69 Å². The van der Waals surface area contributed by atoms with Crippen LogP contribution in [-0.2, 0) is 4.79 Å². The molecular formula is C14H19N3O3. The molecule has 20 heavy (non-hydrogen) atoms. The number of anilines is 2. The van der Waals surface area contributed by atoms with Gasteiger partial charge in [-0.05, 0) is 18.2 Å². The molecule has 2 N–H and O–H groups in total. The molecule has 0 aliphatic carbocycles. The van der Waals surface area contributed by atoms with E-state index in [1.807, 2.05) is 37.2 Å². The van der Waals surface area contributed by atoms with Gasteiger partial charge in [-0.2, -0.15) is 0 Å². The minimum Gasteiger partial charge on any atom is -0.480 e. The smallest absolute Gasteiger partial charge is 0.323 e. The number of rotatable bonds is 6. The molecule has 0 atom stereocenters. The molecular weight excluding hydrogens is 258 g/mol. The van der Waals surface area contributed by atoms with Gasteiger partial charge in [0.15, 0.2) is 0 Å². The summed E-state index contributed by atoms with van der Waals surface area (Å²) in [5.41, 5.74) is 1.55. The highest BCUT2D eigenvalue weighted by atomic mass is 16.4. The Hall–Kier alpha value is -2.50. The molecule has 0 saturated heterocycles. The fraction of sp³-hybridized carbons (Fsp3) is 0.286. The number of benzene rings is 1. The Morgan fingerprint density at radius 3 is 2.65 bits per heavy atom. The molecule has 1 rings (SSSR count). The summed E-state index contributed by atoms with van der Waals surface area (Å²) in [5.74, 6) is -1.07. The van der Waals surface area contributed by atoms with Crippen LogP contribution < -0.4 is 10.2 Å². The number of hydrogen-bond acceptors (Lipinski definition) is 3.